The van der Waals surface area contributed by atoms with Gasteiger partial charge in [0.15, 0.2) is 11.5 Å². The van der Waals surface area contributed by atoms with Gasteiger partial charge < -0.3 is 0 Å². The Morgan fingerprint density at radius 1 is 1.16 bits per heavy atom. The average Bonchev–Trinajstić information content (AvgIpc) is 3.42. The summed E-state index contributed by atoms with van der Waals surface area (Å²) in [6, 6.07) is 3.14. The van der Waals surface area contributed by atoms with Gasteiger partial charge in [-0.25, -0.2) is 31.3 Å². The van der Waals surface area contributed by atoms with E-state index >= 15 is 0 Å². The predicted octanol–water partition coefficient (Wildman–Crippen LogP) is 2.06. The highest BCUT2D eigenvalue weighted by molar-refractivity contribution is 7.89. The number of alkyl halides is 4. The molecule has 0 atom stereocenters. The molecule has 0 radical (unpaired) electrons. The lowest BCUT2D eigenvalue weighted by atomic mass is 10.3. The van der Waals surface area contributed by atoms with Crippen molar-refractivity contribution in [2.75, 3.05) is 6.67 Å². The van der Waals surface area contributed by atoms with Crippen LogP contribution in [0.15, 0.2) is 34.0 Å². The molecule has 2 heterocycles. The fourth-order valence-electron chi connectivity index (χ4n) is 3.11. The third kappa shape index (κ3) is 3.59. The number of imidazole rings is 1. The van der Waals surface area contributed by atoms with Crippen LogP contribution in [-0.2, 0) is 23.2 Å². The van der Waals surface area contributed by atoms with Gasteiger partial charge in [0.2, 0.25) is 10.0 Å². The molecule has 1 saturated carbocycles. The maximum Gasteiger partial charge on any atom is 0.435 e. The standard InChI is InChI=1S/C17H14F5N5O3S/c1-26-10-6-9(19)12(31(29,30)25-16(8-18)4-5-16)7-11(10)27(15(26)28)14-3-2-13(23-24-14)17(20,21)22/h2-3,6-7,25H,4-5,8H2,1H3. The first-order valence-corrected chi connectivity index (χ1v) is 10.3. The Morgan fingerprint density at radius 3 is 2.35 bits per heavy atom. The van der Waals surface area contributed by atoms with E-state index < -0.39 is 50.5 Å². The normalized spacial score (nSPS) is 16.1. The van der Waals surface area contributed by atoms with Crippen molar-refractivity contribution in [1.29, 1.82) is 0 Å². The van der Waals surface area contributed by atoms with E-state index in [4.69, 9.17) is 0 Å². The van der Waals surface area contributed by atoms with Crippen LogP contribution in [0.1, 0.15) is 18.5 Å². The van der Waals surface area contributed by atoms with Gasteiger partial charge in [0.1, 0.15) is 17.4 Å². The van der Waals surface area contributed by atoms with Crippen molar-refractivity contribution in [2.24, 2.45) is 7.05 Å². The number of aryl methyl sites for hydroxylation is 1. The van der Waals surface area contributed by atoms with Crippen LogP contribution in [0.5, 0.6) is 0 Å². The minimum Gasteiger partial charge on any atom is -0.295 e. The summed E-state index contributed by atoms with van der Waals surface area (Å²) in [4.78, 5) is 11.8. The van der Waals surface area contributed by atoms with E-state index in [1.807, 2.05) is 0 Å². The Kier molecular flexibility index (Phi) is 4.70. The number of hydrogen-bond donors (Lipinski definition) is 1. The lowest BCUT2D eigenvalue weighted by molar-refractivity contribution is -0.141. The molecule has 0 aliphatic heterocycles. The summed E-state index contributed by atoms with van der Waals surface area (Å²) in [6.45, 7) is -0.965. The fourth-order valence-corrected chi connectivity index (χ4v) is 4.63. The molecule has 1 aromatic carbocycles. The zero-order chi connectivity index (χ0) is 22.8. The molecule has 1 fully saturated rings. The quantitative estimate of drug-likeness (QED) is 0.584. The second kappa shape index (κ2) is 6.82. The van der Waals surface area contributed by atoms with Gasteiger partial charge in [0.25, 0.3) is 0 Å². The Bertz CT molecular complexity index is 1340. The van der Waals surface area contributed by atoms with Crippen molar-refractivity contribution >= 4 is 21.1 Å². The summed E-state index contributed by atoms with van der Waals surface area (Å²) in [5.41, 5.74) is -3.55. The zero-order valence-corrected chi connectivity index (χ0v) is 16.6. The monoisotopic (exact) mass is 463 g/mol. The summed E-state index contributed by atoms with van der Waals surface area (Å²) in [5.74, 6) is -1.50. The van der Waals surface area contributed by atoms with Crippen LogP contribution in [0, 0.1) is 5.82 Å². The second-order valence-electron chi connectivity index (χ2n) is 7.24. The molecule has 4 rings (SSSR count). The number of aromatic nitrogens is 4. The van der Waals surface area contributed by atoms with Crippen molar-refractivity contribution in [2.45, 2.75) is 29.5 Å². The fraction of sp³-hybridized carbons (Fsp3) is 0.353. The summed E-state index contributed by atoms with van der Waals surface area (Å²) in [5, 5.41) is 6.46. The lowest BCUT2D eigenvalue weighted by Gasteiger charge is -2.14. The van der Waals surface area contributed by atoms with E-state index in [9.17, 15) is 35.2 Å². The first kappa shape index (κ1) is 21.4. The van der Waals surface area contributed by atoms with Gasteiger partial charge >= 0.3 is 11.9 Å². The van der Waals surface area contributed by atoms with Gasteiger partial charge in [-0.2, -0.15) is 13.2 Å². The number of rotatable bonds is 5. The van der Waals surface area contributed by atoms with E-state index in [1.165, 1.54) is 7.05 Å². The molecule has 3 aromatic rings. The van der Waals surface area contributed by atoms with E-state index in [2.05, 4.69) is 14.9 Å². The van der Waals surface area contributed by atoms with Crippen molar-refractivity contribution in [3.8, 4) is 5.82 Å². The van der Waals surface area contributed by atoms with Crippen LogP contribution in [0.4, 0.5) is 22.0 Å². The molecule has 31 heavy (non-hydrogen) atoms. The van der Waals surface area contributed by atoms with Crippen LogP contribution in [0.25, 0.3) is 16.9 Å². The third-order valence-electron chi connectivity index (χ3n) is 5.03. The first-order valence-electron chi connectivity index (χ1n) is 8.81. The molecule has 2 aromatic heterocycles. The van der Waals surface area contributed by atoms with Gasteiger partial charge in [-0.3, -0.25) is 4.57 Å². The van der Waals surface area contributed by atoms with Crippen LogP contribution in [-0.4, -0.2) is 40.0 Å². The largest absolute Gasteiger partial charge is 0.435 e. The molecule has 1 aliphatic rings. The molecule has 166 valence electrons. The number of fused-ring (bicyclic) bond motifs is 1. The summed E-state index contributed by atoms with van der Waals surface area (Å²) in [6.07, 6.45) is -4.24. The SMILES string of the molecule is Cn1c(=O)n(-c2ccc(C(F)(F)F)nn2)c2cc(S(=O)(=O)NC3(CF)CC3)c(F)cc21. The van der Waals surface area contributed by atoms with Gasteiger partial charge in [0.05, 0.1) is 16.6 Å². The van der Waals surface area contributed by atoms with E-state index in [1.54, 1.807) is 0 Å². The number of nitrogens with zero attached hydrogens (tertiary/aromatic N) is 4. The van der Waals surface area contributed by atoms with Crippen LogP contribution >= 0.6 is 0 Å². The molecule has 0 amide bonds. The van der Waals surface area contributed by atoms with Crippen molar-refractivity contribution in [1.82, 2.24) is 24.1 Å². The van der Waals surface area contributed by atoms with Crippen LogP contribution in [0.2, 0.25) is 0 Å². The summed E-state index contributed by atoms with van der Waals surface area (Å²) >= 11 is 0. The van der Waals surface area contributed by atoms with E-state index in [-0.39, 0.29) is 29.7 Å². The Balaban J connectivity index is 1.89. The molecule has 0 saturated heterocycles. The maximum atomic E-state index is 14.6. The van der Waals surface area contributed by atoms with Crippen molar-refractivity contribution in [3.63, 3.8) is 0 Å². The highest BCUT2D eigenvalue weighted by Crippen LogP contribution is 2.37. The molecule has 0 bridgehead atoms. The third-order valence-corrected chi connectivity index (χ3v) is 6.62. The number of sulfonamides is 1. The Labute approximate surface area is 171 Å². The second-order valence-corrected chi connectivity index (χ2v) is 8.89. The predicted molar refractivity (Wildman–Crippen MR) is 97.3 cm³/mol. The van der Waals surface area contributed by atoms with Gasteiger partial charge in [-0.1, -0.05) is 0 Å². The maximum absolute atomic E-state index is 14.6. The van der Waals surface area contributed by atoms with Crippen molar-refractivity contribution in [3.05, 3.63) is 46.3 Å². The zero-order valence-electron chi connectivity index (χ0n) is 15.7. The van der Waals surface area contributed by atoms with Gasteiger partial charge in [-0.05, 0) is 31.0 Å². The van der Waals surface area contributed by atoms with Crippen LogP contribution in [0.3, 0.4) is 0 Å². The minimum atomic E-state index is -4.75. The lowest BCUT2D eigenvalue weighted by Crippen LogP contribution is -2.38. The minimum absolute atomic E-state index is 0.0326. The smallest absolute Gasteiger partial charge is 0.295 e. The summed E-state index contributed by atoms with van der Waals surface area (Å²) < 4.78 is 95.2. The highest BCUT2D eigenvalue weighted by atomic mass is 32.2. The number of nitrogens with one attached hydrogen (secondary N) is 1. The number of halogens is 5. The Morgan fingerprint density at radius 2 is 1.84 bits per heavy atom. The number of benzene rings is 1. The molecule has 14 heteroatoms. The molecule has 0 spiro atoms. The molecule has 1 N–H and O–H groups in total. The molecule has 1 aliphatic carbocycles. The molecular weight excluding hydrogens is 449 g/mol. The molecular formula is C17H14F5N5O3S. The molecule has 0 unspecified atom stereocenters. The first-order chi connectivity index (χ1) is 14.4. The van der Waals surface area contributed by atoms with Crippen molar-refractivity contribution < 1.29 is 30.4 Å². The van der Waals surface area contributed by atoms with E-state index in [0.717, 1.165) is 27.3 Å². The summed E-state index contributed by atoms with van der Waals surface area (Å²) in [7, 11) is -3.22. The number of hydrogen-bond acceptors (Lipinski definition) is 5. The van der Waals surface area contributed by atoms with Gasteiger partial charge in [-0.15, -0.1) is 10.2 Å². The topological polar surface area (TPSA) is 98.9 Å². The van der Waals surface area contributed by atoms with Crippen LogP contribution < -0.4 is 10.4 Å². The Hall–Kier alpha value is -2.87. The van der Waals surface area contributed by atoms with Gasteiger partial charge in [0, 0.05) is 13.1 Å². The average molecular weight is 463 g/mol. The molecule has 8 nitrogen and oxygen atoms in total. The highest BCUT2D eigenvalue weighted by Gasteiger charge is 2.47. The van der Waals surface area contributed by atoms with E-state index in [0.29, 0.717) is 6.07 Å².